The van der Waals surface area contributed by atoms with E-state index in [9.17, 15) is 4.79 Å². The van der Waals surface area contributed by atoms with E-state index in [1.165, 1.54) is 27.6 Å². The van der Waals surface area contributed by atoms with Gasteiger partial charge in [-0.15, -0.1) is 0 Å². The SMILES string of the molecule is Cc1cccc(C(CC(=O)NCC(C)C)c2cn(C)c3ccccc23)c1. The van der Waals surface area contributed by atoms with E-state index in [1.807, 2.05) is 0 Å². The van der Waals surface area contributed by atoms with Crippen molar-refractivity contribution in [1.82, 2.24) is 9.88 Å². The number of para-hydroxylation sites is 1. The summed E-state index contributed by atoms with van der Waals surface area (Å²) < 4.78 is 2.15. The van der Waals surface area contributed by atoms with Crippen LogP contribution in [0, 0.1) is 12.8 Å². The molecule has 3 nitrogen and oxygen atoms in total. The molecule has 136 valence electrons. The highest BCUT2D eigenvalue weighted by molar-refractivity contribution is 5.86. The molecule has 0 saturated heterocycles. The Morgan fingerprint density at radius 3 is 2.62 bits per heavy atom. The van der Waals surface area contributed by atoms with Gasteiger partial charge in [-0.25, -0.2) is 0 Å². The number of benzene rings is 2. The van der Waals surface area contributed by atoms with Crippen LogP contribution in [0.15, 0.2) is 54.7 Å². The number of rotatable bonds is 6. The second-order valence-corrected chi connectivity index (χ2v) is 7.58. The smallest absolute Gasteiger partial charge is 0.220 e. The molecule has 1 aromatic heterocycles. The number of aromatic nitrogens is 1. The van der Waals surface area contributed by atoms with Crippen molar-refractivity contribution in [1.29, 1.82) is 0 Å². The Kier molecular flexibility index (Phi) is 5.46. The normalized spacial score (nSPS) is 12.5. The van der Waals surface area contributed by atoms with Crippen molar-refractivity contribution in [3.63, 3.8) is 0 Å². The number of carbonyl (C=O) groups is 1. The maximum absolute atomic E-state index is 12.6. The van der Waals surface area contributed by atoms with Crippen molar-refractivity contribution in [2.75, 3.05) is 6.54 Å². The molecule has 0 aliphatic carbocycles. The molecule has 0 radical (unpaired) electrons. The summed E-state index contributed by atoms with van der Waals surface area (Å²) >= 11 is 0. The first-order valence-electron chi connectivity index (χ1n) is 9.33. The van der Waals surface area contributed by atoms with Gasteiger partial charge in [-0.1, -0.05) is 61.9 Å². The van der Waals surface area contributed by atoms with Gasteiger partial charge in [0.05, 0.1) is 0 Å². The van der Waals surface area contributed by atoms with Crippen LogP contribution < -0.4 is 5.32 Å². The average Bonchev–Trinajstić information content (AvgIpc) is 2.95. The van der Waals surface area contributed by atoms with Crippen LogP contribution in [0.5, 0.6) is 0 Å². The molecule has 0 aliphatic heterocycles. The standard InChI is InChI=1S/C23H28N2O/c1-16(2)14-24-23(26)13-20(18-9-7-8-17(3)12-18)21-15-25(4)22-11-6-5-10-19(21)22/h5-12,15-16,20H,13-14H2,1-4H3,(H,24,26). The van der Waals surface area contributed by atoms with E-state index in [1.54, 1.807) is 0 Å². The quantitative estimate of drug-likeness (QED) is 0.683. The van der Waals surface area contributed by atoms with Gasteiger partial charge in [0.15, 0.2) is 0 Å². The molecule has 3 rings (SSSR count). The molecule has 26 heavy (non-hydrogen) atoms. The van der Waals surface area contributed by atoms with Crippen molar-refractivity contribution in [2.24, 2.45) is 13.0 Å². The topological polar surface area (TPSA) is 34.0 Å². The maximum atomic E-state index is 12.6. The number of hydrogen-bond acceptors (Lipinski definition) is 1. The third-order valence-corrected chi connectivity index (χ3v) is 4.84. The Morgan fingerprint density at radius 1 is 1.12 bits per heavy atom. The highest BCUT2D eigenvalue weighted by Gasteiger charge is 2.22. The minimum atomic E-state index is 0.0492. The zero-order chi connectivity index (χ0) is 18.7. The Balaban J connectivity index is 2.01. The van der Waals surface area contributed by atoms with Crippen LogP contribution in [0.3, 0.4) is 0 Å². The van der Waals surface area contributed by atoms with Gasteiger partial charge in [0.1, 0.15) is 0 Å². The predicted molar refractivity (Wildman–Crippen MR) is 108 cm³/mol. The van der Waals surface area contributed by atoms with Crippen LogP contribution in [-0.4, -0.2) is 17.0 Å². The van der Waals surface area contributed by atoms with Crippen molar-refractivity contribution in [2.45, 2.75) is 33.1 Å². The summed E-state index contributed by atoms with van der Waals surface area (Å²) in [7, 11) is 2.07. The number of hydrogen-bond donors (Lipinski definition) is 1. The zero-order valence-corrected chi connectivity index (χ0v) is 16.1. The molecule has 1 unspecified atom stereocenters. The molecule has 1 atom stereocenters. The highest BCUT2D eigenvalue weighted by Crippen LogP contribution is 2.34. The van der Waals surface area contributed by atoms with Gasteiger partial charge in [-0.2, -0.15) is 0 Å². The van der Waals surface area contributed by atoms with Gasteiger partial charge in [0, 0.05) is 43.0 Å². The number of nitrogens with zero attached hydrogens (tertiary/aromatic N) is 1. The Bertz CT molecular complexity index is 907. The van der Waals surface area contributed by atoms with Gasteiger partial charge in [-0.3, -0.25) is 4.79 Å². The van der Waals surface area contributed by atoms with Crippen molar-refractivity contribution >= 4 is 16.8 Å². The second-order valence-electron chi connectivity index (χ2n) is 7.58. The number of fused-ring (bicyclic) bond motifs is 1. The molecule has 2 aromatic carbocycles. The minimum absolute atomic E-state index is 0.0492. The molecule has 0 saturated carbocycles. The highest BCUT2D eigenvalue weighted by atomic mass is 16.1. The zero-order valence-electron chi connectivity index (χ0n) is 16.1. The molecule has 1 amide bonds. The van der Waals surface area contributed by atoms with Crippen molar-refractivity contribution in [3.8, 4) is 0 Å². The monoisotopic (exact) mass is 348 g/mol. The van der Waals surface area contributed by atoms with Crippen LogP contribution in [-0.2, 0) is 11.8 Å². The van der Waals surface area contributed by atoms with Crippen molar-refractivity contribution < 1.29 is 4.79 Å². The molecule has 0 fully saturated rings. The lowest BCUT2D eigenvalue weighted by molar-refractivity contribution is -0.121. The summed E-state index contributed by atoms with van der Waals surface area (Å²) in [5.41, 5.74) is 4.83. The Hall–Kier alpha value is -2.55. The fourth-order valence-corrected chi connectivity index (χ4v) is 3.52. The van der Waals surface area contributed by atoms with Crippen molar-refractivity contribution in [3.05, 3.63) is 71.4 Å². The number of carbonyl (C=O) groups excluding carboxylic acids is 1. The lowest BCUT2D eigenvalue weighted by Crippen LogP contribution is -2.28. The first kappa shape index (κ1) is 18.2. The minimum Gasteiger partial charge on any atom is -0.356 e. The molecule has 0 bridgehead atoms. The third kappa shape index (κ3) is 3.98. The first-order valence-corrected chi connectivity index (χ1v) is 9.33. The van der Waals surface area contributed by atoms with E-state index in [4.69, 9.17) is 0 Å². The molecule has 1 heterocycles. The maximum Gasteiger partial charge on any atom is 0.220 e. The summed E-state index contributed by atoms with van der Waals surface area (Å²) in [6.45, 7) is 7.05. The van der Waals surface area contributed by atoms with E-state index in [0.717, 1.165) is 6.54 Å². The first-order chi connectivity index (χ1) is 12.5. The molecular formula is C23H28N2O. The molecule has 0 aliphatic rings. The molecule has 1 N–H and O–H groups in total. The van der Waals surface area contributed by atoms with Gasteiger partial charge in [-0.05, 0) is 30.0 Å². The van der Waals surface area contributed by atoms with E-state index in [2.05, 4.69) is 92.4 Å². The van der Waals surface area contributed by atoms with Gasteiger partial charge in [0.25, 0.3) is 0 Å². The molecule has 3 heteroatoms. The van der Waals surface area contributed by atoms with Crippen LogP contribution >= 0.6 is 0 Å². The van der Waals surface area contributed by atoms with Gasteiger partial charge >= 0.3 is 0 Å². The van der Waals surface area contributed by atoms with Crippen LogP contribution in [0.2, 0.25) is 0 Å². The average molecular weight is 348 g/mol. The summed E-state index contributed by atoms with van der Waals surface area (Å²) in [6.07, 6.45) is 2.64. The summed E-state index contributed by atoms with van der Waals surface area (Å²) in [5, 5.41) is 4.30. The predicted octanol–water partition coefficient (Wildman–Crippen LogP) is 4.78. The fraction of sp³-hybridized carbons (Fsp3) is 0.348. The van der Waals surface area contributed by atoms with E-state index >= 15 is 0 Å². The van der Waals surface area contributed by atoms with E-state index in [0.29, 0.717) is 12.3 Å². The Morgan fingerprint density at radius 2 is 1.88 bits per heavy atom. The summed E-state index contributed by atoms with van der Waals surface area (Å²) in [6, 6.07) is 16.9. The van der Waals surface area contributed by atoms with Crippen LogP contribution in [0.25, 0.3) is 10.9 Å². The molecule has 0 spiro atoms. The number of nitrogens with one attached hydrogen (secondary N) is 1. The van der Waals surface area contributed by atoms with E-state index < -0.39 is 0 Å². The number of aryl methyl sites for hydroxylation is 2. The lowest BCUT2D eigenvalue weighted by atomic mass is 9.87. The summed E-state index contributed by atoms with van der Waals surface area (Å²) in [5.74, 6) is 0.611. The van der Waals surface area contributed by atoms with Gasteiger partial charge in [0.2, 0.25) is 5.91 Å². The molecule has 3 aromatic rings. The second kappa shape index (κ2) is 7.77. The van der Waals surface area contributed by atoms with E-state index in [-0.39, 0.29) is 11.8 Å². The van der Waals surface area contributed by atoms with Crippen LogP contribution in [0.4, 0.5) is 0 Å². The molecular weight excluding hydrogens is 320 g/mol. The summed E-state index contributed by atoms with van der Waals surface area (Å²) in [4.78, 5) is 12.6. The lowest BCUT2D eigenvalue weighted by Gasteiger charge is -2.18. The number of amides is 1. The fourth-order valence-electron chi connectivity index (χ4n) is 3.52. The Labute approximate surface area is 156 Å². The van der Waals surface area contributed by atoms with Gasteiger partial charge < -0.3 is 9.88 Å². The largest absolute Gasteiger partial charge is 0.356 e. The third-order valence-electron chi connectivity index (χ3n) is 4.84. The van der Waals surface area contributed by atoms with Crippen LogP contribution in [0.1, 0.15) is 42.9 Å².